The van der Waals surface area contributed by atoms with Gasteiger partial charge >= 0.3 is 0 Å². The second-order valence-electron chi connectivity index (χ2n) is 7.22. The third kappa shape index (κ3) is 1.86. The van der Waals surface area contributed by atoms with Crippen molar-refractivity contribution in [2.75, 3.05) is 7.11 Å². The van der Waals surface area contributed by atoms with E-state index < -0.39 is 0 Å². The Morgan fingerprint density at radius 1 is 1.40 bits per heavy atom. The van der Waals surface area contributed by atoms with Crippen LogP contribution in [0.4, 0.5) is 0 Å². The first kappa shape index (κ1) is 13.9. The highest BCUT2D eigenvalue weighted by Crippen LogP contribution is 2.65. The van der Waals surface area contributed by atoms with Crippen molar-refractivity contribution in [3.63, 3.8) is 0 Å². The summed E-state index contributed by atoms with van der Waals surface area (Å²) in [5, 5.41) is 3.78. The van der Waals surface area contributed by atoms with Gasteiger partial charge in [0.1, 0.15) is 0 Å². The SMILES string of the molecule is COc1ncccc1CNC1CC2CCC1(C)C2(C)C. The minimum absolute atomic E-state index is 0.424. The van der Waals surface area contributed by atoms with Crippen LogP contribution in [0.25, 0.3) is 0 Å². The molecule has 2 bridgehead atoms. The van der Waals surface area contributed by atoms with Crippen molar-refractivity contribution in [3.8, 4) is 5.88 Å². The molecule has 3 heteroatoms. The second kappa shape index (κ2) is 4.73. The smallest absolute Gasteiger partial charge is 0.217 e. The van der Waals surface area contributed by atoms with Gasteiger partial charge in [0.25, 0.3) is 0 Å². The first-order valence-electron chi connectivity index (χ1n) is 7.70. The van der Waals surface area contributed by atoms with Gasteiger partial charge in [-0.15, -0.1) is 0 Å². The highest BCUT2D eigenvalue weighted by atomic mass is 16.5. The van der Waals surface area contributed by atoms with E-state index in [1.54, 1.807) is 13.3 Å². The Morgan fingerprint density at radius 3 is 2.80 bits per heavy atom. The molecule has 1 heterocycles. The molecule has 0 aliphatic heterocycles. The van der Waals surface area contributed by atoms with Crippen LogP contribution in [0, 0.1) is 16.7 Å². The fraction of sp³-hybridized carbons (Fsp3) is 0.706. The van der Waals surface area contributed by atoms with Crippen LogP contribution in [-0.2, 0) is 6.54 Å². The maximum atomic E-state index is 5.34. The summed E-state index contributed by atoms with van der Waals surface area (Å²) in [6.07, 6.45) is 5.85. The van der Waals surface area contributed by atoms with Crippen LogP contribution in [0.3, 0.4) is 0 Å². The summed E-state index contributed by atoms with van der Waals surface area (Å²) >= 11 is 0. The monoisotopic (exact) mass is 274 g/mol. The standard InChI is InChI=1S/C17H26N2O/c1-16(2)13-7-8-17(16,3)14(10-13)19-11-12-6-5-9-18-15(12)20-4/h5-6,9,13-14,19H,7-8,10-11H2,1-4H3. The van der Waals surface area contributed by atoms with Crippen LogP contribution in [0.15, 0.2) is 18.3 Å². The Balaban J connectivity index is 1.71. The predicted octanol–water partition coefficient (Wildman–Crippen LogP) is 3.39. The Bertz CT molecular complexity index is 500. The minimum Gasteiger partial charge on any atom is -0.481 e. The lowest BCUT2D eigenvalue weighted by molar-refractivity contribution is 0.120. The van der Waals surface area contributed by atoms with E-state index >= 15 is 0 Å². The molecule has 0 amide bonds. The lowest BCUT2D eigenvalue weighted by atomic mass is 9.69. The lowest BCUT2D eigenvalue weighted by Gasteiger charge is -2.39. The average Bonchev–Trinajstić information content (AvgIpc) is 2.78. The zero-order chi connectivity index (χ0) is 14.4. The molecule has 2 aliphatic carbocycles. The predicted molar refractivity (Wildman–Crippen MR) is 80.6 cm³/mol. The van der Waals surface area contributed by atoms with Crippen LogP contribution in [0.1, 0.15) is 45.6 Å². The molecule has 1 aromatic heterocycles. The zero-order valence-corrected chi connectivity index (χ0v) is 13.1. The Labute approximate surface area is 122 Å². The summed E-state index contributed by atoms with van der Waals surface area (Å²) in [6.45, 7) is 8.23. The Kier molecular flexibility index (Phi) is 3.28. The van der Waals surface area contributed by atoms with Gasteiger partial charge in [0.2, 0.25) is 5.88 Å². The van der Waals surface area contributed by atoms with E-state index in [1.165, 1.54) is 19.3 Å². The van der Waals surface area contributed by atoms with E-state index in [0.29, 0.717) is 16.9 Å². The molecule has 1 aromatic rings. The Morgan fingerprint density at radius 2 is 2.20 bits per heavy atom. The fourth-order valence-corrected chi connectivity index (χ4v) is 4.49. The summed E-state index contributed by atoms with van der Waals surface area (Å²) in [4.78, 5) is 4.27. The van der Waals surface area contributed by atoms with E-state index in [4.69, 9.17) is 4.74 Å². The van der Waals surface area contributed by atoms with Gasteiger partial charge in [-0.25, -0.2) is 4.98 Å². The summed E-state index contributed by atoms with van der Waals surface area (Å²) in [7, 11) is 1.69. The number of pyridine rings is 1. The maximum Gasteiger partial charge on any atom is 0.217 e. The van der Waals surface area contributed by atoms with Crippen molar-refractivity contribution in [2.24, 2.45) is 16.7 Å². The van der Waals surface area contributed by atoms with E-state index in [-0.39, 0.29) is 0 Å². The normalized spacial score (nSPS) is 34.4. The van der Waals surface area contributed by atoms with Crippen molar-refractivity contribution < 1.29 is 4.74 Å². The van der Waals surface area contributed by atoms with Crippen LogP contribution in [-0.4, -0.2) is 18.1 Å². The van der Waals surface area contributed by atoms with Crippen LogP contribution in [0.5, 0.6) is 5.88 Å². The van der Waals surface area contributed by atoms with Gasteiger partial charge in [-0.3, -0.25) is 0 Å². The molecule has 3 atom stereocenters. The summed E-state index contributed by atoms with van der Waals surface area (Å²) < 4.78 is 5.34. The molecule has 3 nitrogen and oxygen atoms in total. The van der Waals surface area contributed by atoms with Crippen molar-refractivity contribution in [1.82, 2.24) is 10.3 Å². The molecular formula is C17H26N2O. The minimum atomic E-state index is 0.424. The van der Waals surface area contributed by atoms with Gasteiger partial charge < -0.3 is 10.1 Å². The van der Waals surface area contributed by atoms with E-state index in [9.17, 15) is 0 Å². The molecule has 0 saturated heterocycles. The number of rotatable bonds is 4. The highest BCUT2D eigenvalue weighted by molar-refractivity contribution is 5.25. The van der Waals surface area contributed by atoms with Crippen molar-refractivity contribution in [3.05, 3.63) is 23.9 Å². The zero-order valence-electron chi connectivity index (χ0n) is 13.1. The first-order valence-corrected chi connectivity index (χ1v) is 7.70. The van der Waals surface area contributed by atoms with Gasteiger partial charge in [-0.2, -0.15) is 0 Å². The van der Waals surface area contributed by atoms with Crippen molar-refractivity contribution in [2.45, 2.75) is 52.6 Å². The van der Waals surface area contributed by atoms with Gasteiger partial charge in [0.05, 0.1) is 7.11 Å². The Hall–Kier alpha value is -1.09. The maximum absolute atomic E-state index is 5.34. The third-order valence-corrected chi connectivity index (χ3v) is 6.38. The molecule has 3 rings (SSSR count). The number of hydrogen-bond donors (Lipinski definition) is 1. The second-order valence-corrected chi connectivity index (χ2v) is 7.22. The van der Waals surface area contributed by atoms with Gasteiger partial charge in [0, 0.05) is 24.3 Å². The number of ether oxygens (including phenoxy) is 1. The molecule has 0 spiro atoms. The number of nitrogens with one attached hydrogen (secondary N) is 1. The summed E-state index contributed by atoms with van der Waals surface area (Å²) in [5.74, 6) is 1.62. The summed E-state index contributed by atoms with van der Waals surface area (Å²) in [5.41, 5.74) is 2.04. The number of methoxy groups -OCH3 is 1. The molecule has 1 N–H and O–H groups in total. The largest absolute Gasteiger partial charge is 0.481 e. The van der Waals surface area contributed by atoms with Gasteiger partial charge in [-0.05, 0) is 42.1 Å². The number of hydrogen-bond acceptors (Lipinski definition) is 3. The molecular weight excluding hydrogens is 248 g/mol. The highest BCUT2D eigenvalue weighted by Gasteiger charge is 2.60. The molecule has 3 unspecified atom stereocenters. The number of nitrogens with zero attached hydrogens (tertiary/aromatic N) is 1. The topological polar surface area (TPSA) is 34.1 Å². The van der Waals surface area contributed by atoms with Crippen LogP contribution >= 0.6 is 0 Å². The molecule has 0 aromatic carbocycles. The summed E-state index contributed by atoms with van der Waals surface area (Å²) in [6, 6.07) is 4.69. The quantitative estimate of drug-likeness (QED) is 0.914. The fourth-order valence-electron chi connectivity index (χ4n) is 4.49. The van der Waals surface area contributed by atoms with E-state index in [2.05, 4.69) is 37.1 Å². The molecule has 0 radical (unpaired) electrons. The van der Waals surface area contributed by atoms with E-state index in [1.807, 2.05) is 6.07 Å². The van der Waals surface area contributed by atoms with Crippen molar-refractivity contribution in [1.29, 1.82) is 0 Å². The van der Waals surface area contributed by atoms with E-state index in [0.717, 1.165) is 23.9 Å². The number of fused-ring (bicyclic) bond motifs is 2. The van der Waals surface area contributed by atoms with Crippen LogP contribution in [0.2, 0.25) is 0 Å². The number of aromatic nitrogens is 1. The van der Waals surface area contributed by atoms with Crippen LogP contribution < -0.4 is 10.1 Å². The molecule has 20 heavy (non-hydrogen) atoms. The molecule has 2 saturated carbocycles. The molecule has 2 aliphatic rings. The van der Waals surface area contributed by atoms with Gasteiger partial charge in [-0.1, -0.05) is 26.8 Å². The molecule has 110 valence electrons. The van der Waals surface area contributed by atoms with Gasteiger partial charge in [0.15, 0.2) is 0 Å². The van der Waals surface area contributed by atoms with Crippen molar-refractivity contribution >= 4 is 0 Å². The lowest BCUT2D eigenvalue weighted by Crippen LogP contribution is -2.44. The molecule has 2 fully saturated rings. The first-order chi connectivity index (χ1) is 9.49. The third-order valence-electron chi connectivity index (χ3n) is 6.38. The average molecular weight is 274 g/mol.